The zero-order valence-electron chi connectivity index (χ0n) is 15.5. The first-order chi connectivity index (χ1) is 13.6. The topological polar surface area (TPSA) is 144 Å². The van der Waals surface area contributed by atoms with Crippen molar-refractivity contribution in [3.63, 3.8) is 0 Å². The molecule has 0 aliphatic carbocycles. The van der Waals surface area contributed by atoms with Gasteiger partial charge in [0.05, 0.1) is 0 Å². The average Bonchev–Trinajstić information content (AvgIpc) is 2.67. The maximum Gasteiger partial charge on any atom is 0.394 e. The number of carboxylic acid groups (broad SMARTS) is 2. The Labute approximate surface area is 175 Å². The van der Waals surface area contributed by atoms with E-state index in [1.54, 1.807) is 31.2 Å². The van der Waals surface area contributed by atoms with E-state index in [-0.39, 0.29) is 12.2 Å². The molecule has 0 saturated heterocycles. The second-order valence-electron chi connectivity index (χ2n) is 5.84. The second kappa shape index (κ2) is 11.6. The summed E-state index contributed by atoms with van der Waals surface area (Å²) in [5.41, 5.74) is 5.72. The number of carbonyl (C=O) groups is 4. The van der Waals surface area contributed by atoms with Crippen LogP contribution in [0.4, 0.5) is 0 Å². The number of carbonyl (C=O) groups excluding carboxylic acids is 2. The lowest BCUT2D eigenvalue weighted by Crippen LogP contribution is -2.23. The van der Waals surface area contributed by atoms with Gasteiger partial charge in [-0.25, -0.2) is 4.79 Å². The molecule has 0 heterocycles. The minimum Gasteiger partial charge on any atom is -0.483 e. The highest BCUT2D eigenvalue weighted by Gasteiger charge is 2.16. The summed E-state index contributed by atoms with van der Waals surface area (Å²) in [5, 5.41) is 16.2. The summed E-state index contributed by atoms with van der Waals surface area (Å²) in [5.74, 6) is -3.25. The molecule has 9 heteroatoms. The molecule has 8 nitrogen and oxygen atoms in total. The van der Waals surface area contributed by atoms with Crippen LogP contribution in [0.5, 0.6) is 5.75 Å². The number of carboxylic acids is 2. The molecule has 1 atom stereocenters. The number of hydrogen-bond acceptors (Lipinski definition) is 5. The van der Waals surface area contributed by atoms with Gasteiger partial charge in [-0.2, -0.15) is 0 Å². The molecule has 4 N–H and O–H groups in total. The number of ether oxygens (including phenoxy) is 1. The highest BCUT2D eigenvalue weighted by Crippen LogP contribution is 2.18. The Kier molecular flexibility index (Phi) is 9.54. The number of nitrogens with two attached hydrogens (primary N) is 1. The van der Waals surface area contributed by atoms with Gasteiger partial charge in [-0.15, -0.1) is 0 Å². The molecule has 1 amide bonds. The van der Waals surface area contributed by atoms with Gasteiger partial charge in [0.2, 0.25) is 5.78 Å². The van der Waals surface area contributed by atoms with Gasteiger partial charge in [0.25, 0.3) is 0 Å². The number of ketones is 1. The Morgan fingerprint density at radius 1 is 1.00 bits per heavy atom. The smallest absolute Gasteiger partial charge is 0.394 e. The molecule has 0 aliphatic rings. The van der Waals surface area contributed by atoms with Crippen molar-refractivity contribution in [1.29, 1.82) is 0 Å². The largest absolute Gasteiger partial charge is 0.483 e. The quantitative estimate of drug-likeness (QED) is 0.420. The van der Waals surface area contributed by atoms with Crippen molar-refractivity contribution in [3.05, 3.63) is 64.1 Å². The Hall–Kier alpha value is -3.20. The van der Waals surface area contributed by atoms with Gasteiger partial charge in [-0.3, -0.25) is 14.4 Å². The molecule has 0 bridgehead atoms. The van der Waals surface area contributed by atoms with Crippen molar-refractivity contribution in [2.24, 2.45) is 5.73 Å². The molecular weight excluding hydrogens is 446 g/mol. The summed E-state index contributed by atoms with van der Waals surface area (Å²) < 4.78 is 6.58. The predicted octanol–water partition coefficient (Wildman–Crippen LogP) is 2.67. The summed E-state index contributed by atoms with van der Waals surface area (Å²) in [7, 11) is 0. The van der Waals surface area contributed by atoms with Crippen LogP contribution in [0.15, 0.2) is 53.0 Å². The third-order valence-electron chi connectivity index (χ3n) is 3.57. The van der Waals surface area contributed by atoms with Gasteiger partial charge in [-0.05, 0) is 43.2 Å². The highest BCUT2D eigenvalue weighted by atomic mass is 79.9. The molecule has 0 spiro atoms. The van der Waals surface area contributed by atoms with Gasteiger partial charge in [0.1, 0.15) is 5.75 Å². The van der Waals surface area contributed by atoms with Gasteiger partial charge in [0, 0.05) is 16.5 Å². The number of hydrogen-bond donors (Lipinski definition) is 3. The van der Waals surface area contributed by atoms with Crippen molar-refractivity contribution in [3.8, 4) is 5.75 Å². The van der Waals surface area contributed by atoms with E-state index in [0.717, 1.165) is 10.0 Å². The number of amides is 1. The lowest BCUT2D eigenvalue weighted by Gasteiger charge is -2.14. The molecule has 0 radical (unpaired) electrons. The van der Waals surface area contributed by atoms with Crippen LogP contribution in [0.2, 0.25) is 0 Å². The summed E-state index contributed by atoms with van der Waals surface area (Å²) in [6.07, 6.45) is -0.0252. The fourth-order valence-corrected chi connectivity index (χ4v) is 2.36. The number of halogens is 1. The molecule has 0 fully saturated rings. The lowest BCUT2D eigenvalue weighted by atomic mass is 10.1. The summed E-state index contributed by atoms with van der Waals surface area (Å²) in [4.78, 5) is 41.4. The second-order valence-corrected chi connectivity index (χ2v) is 6.75. The van der Waals surface area contributed by atoms with E-state index in [9.17, 15) is 19.2 Å². The summed E-state index contributed by atoms with van der Waals surface area (Å²) >= 11 is 3.33. The van der Waals surface area contributed by atoms with Crippen LogP contribution in [0.3, 0.4) is 0 Å². The van der Waals surface area contributed by atoms with Crippen LogP contribution in [0, 0.1) is 0 Å². The first-order valence-corrected chi connectivity index (χ1v) is 9.19. The average molecular weight is 466 g/mol. The maximum atomic E-state index is 12.3. The van der Waals surface area contributed by atoms with E-state index in [1.807, 2.05) is 24.3 Å². The summed E-state index contributed by atoms with van der Waals surface area (Å²) in [6, 6.07) is 14.3. The number of aliphatic carboxylic acids is 2. The number of primary amides is 1. The number of rotatable bonds is 7. The first kappa shape index (κ1) is 23.8. The number of benzene rings is 2. The zero-order valence-corrected chi connectivity index (χ0v) is 17.1. The van der Waals surface area contributed by atoms with E-state index < -0.39 is 23.9 Å². The molecule has 2 aromatic rings. The zero-order chi connectivity index (χ0) is 22.0. The highest BCUT2D eigenvalue weighted by molar-refractivity contribution is 9.10. The monoisotopic (exact) mass is 465 g/mol. The molecule has 1 unspecified atom stereocenters. The first-order valence-electron chi connectivity index (χ1n) is 8.40. The van der Waals surface area contributed by atoms with Crippen LogP contribution in [-0.2, 0) is 20.8 Å². The Balaban J connectivity index is 0.000000612. The van der Waals surface area contributed by atoms with Crippen molar-refractivity contribution in [2.75, 3.05) is 0 Å². The molecule has 0 aliphatic heterocycles. The van der Waals surface area contributed by atoms with Crippen molar-refractivity contribution in [2.45, 2.75) is 25.9 Å². The summed E-state index contributed by atoms with van der Waals surface area (Å²) in [6.45, 7) is 1.71. The maximum absolute atomic E-state index is 12.3. The van der Waals surface area contributed by atoms with Crippen LogP contribution in [-0.4, -0.2) is 39.9 Å². The van der Waals surface area contributed by atoms with E-state index in [1.165, 1.54) is 0 Å². The Morgan fingerprint density at radius 3 is 1.97 bits per heavy atom. The fourth-order valence-electron chi connectivity index (χ4n) is 2.09. The standard InChI is InChI=1S/C18H17BrO4.C2H3NO3/c1-12(18(22)14-5-7-15(19)8-6-14)23-16-9-2-13(3-10-16)4-11-17(20)21;3-1(4)2(5)6/h2-3,5-10,12H,4,11H2,1H3,(H,20,21);(H2,3,4)(H,5,6). The molecule has 2 rings (SSSR count). The SMILES string of the molecule is CC(Oc1ccc(CCC(=O)O)cc1)C(=O)c1ccc(Br)cc1.NC(=O)C(=O)O. The van der Waals surface area contributed by atoms with Crippen LogP contribution < -0.4 is 10.5 Å². The van der Waals surface area contributed by atoms with Gasteiger partial charge < -0.3 is 20.7 Å². The Bertz CT molecular complexity index is 851. The van der Waals surface area contributed by atoms with Crippen LogP contribution in [0.1, 0.15) is 29.3 Å². The molecule has 154 valence electrons. The van der Waals surface area contributed by atoms with Crippen molar-refractivity contribution in [1.82, 2.24) is 0 Å². The lowest BCUT2D eigenvalue weighted by molar-refractivity contribution is -0.148. The molecule has 0 aromatic heterocycles. The van der Waals surface area contributed by atoms with Gasteiger partial charge in [-0.1, -0.05) is 40.2 Å². The Morgan fingerprint density at radius 2 is 1.52 bits per heavy atom. The molecule has 0 saturated carbocycles. The fraction of sp³-hybridized carbons (Fsp3) is 0.200. The molecule has 2 aromatic carbocycles. The van der Waals surface area contributed by atoms with E-state index in [4.69, 9.17) is 14.9 Å². The van der Waals surface area contributed by atoms with Crippen LogP contribution in [0.25, 0.3) is 0 Å². The molecule has 29 heavy (non-hydrogen) atoms. The number of aryl methyl sites for hydroxylation is 1. The number of Topliss-reactive ketones (excluding diaryl/α,β-unsaturated/α-hetero) is 1. The third-order valence-corrected chi connectivity index (χ3v) is 4.10. The van der Waals surface area contributed by atoms with E-state index in [2.05, 4.69) is 21.7 Å². The normalized spacial score (nSPS) is 10.8. The van der Waals surface area contributed by atoms with E-state index >= 15 is 0 Å². The van der Waals surface area contributed by atoms with Gasteiger partial charge >= 0.3 is 17.8 Å². The van der Waals surface area contributed by atoms with E-state index in [0.29, 0.717) is 17.7 Å². The minimum atomic E-state index is -1.60. The van der Waals surface area contributed by atoms with Crippen molar-refractivity contribution >= 4 is 39.6 Å². The van der Waals surface area contributed by atoms with Gasteiger partial charge in [0.15, 0.2) is 6.10 Å². The predicted molar refractivity (Wildman–Crippen MR) is 108 cm³/mol. The van der Waals surface area contributed by atoms with Crippen molar-refractivity contribution < 1.29 is 34.1 Å². The minimum absolute atomic E-state index is 0.0903. The third kappa shape index (κ3) is 9.02. The molecular formula is C20H20BrNO7. The van der Waals surface area contributed by atoms with Crippen LogP contribution >= 0.6 is 15.9 Å².